The summed E-state index contributed by atoms with van der Waals surface area (Å²) in [5.74, 6) is 0.319. The highest BCUT2D eigenvalue weighted by Gasteiger charge is 1.92. The van der Waals surface area contributed by atoms with Crippen LogP contribution in [0.2, 0.25) is 0 Å². The van der Waals surface area contributed by atoms with Crippen molar-refractivity contribution < 1.29 is 5.11 Å². The number of allylic oxidation sites excluding steroid dienone is 3. The predicted octanol–water partition coefficient (Wildman–Crippen LogP) is 4.54. The molecule has 86 valence electrons. The van der Waals surface area contributed by atoms with Gasteiger partial charge in [-0.25, -0.2) is 0 Å². The number of benzene rings is 1. The molecule has 1 rings (SSSR count). The Bertz CT molecular complexity index is 378. The number of hydrogen-bond donors (Lipinski definition) is 1. The van der Waals surface area contributed by atoms with Crippen molar-refractivity contribution in [2.45, 2.75) is 33.6 Å². The highest BCUT2D eigenvalue weighted by atomic mass is 16.3. The summed E-state index contributed by atoms with van der Waals surface area (Å²) in [6.45, 7) is 6.39. The van der Waals surface area contributed by atoms with Crippen molar-refractivity contribution in [2.75, 3.05) is 0 Å². The highest BCUT2D eigenvalue weighted by Crippen LogP contribution is 2.15. The average Bonchev–Trinajstić information content (AvgIpc) is 2.21. The van der Waals surface area contributed by atoms with Gasteiger partial charge in [0.1, 0.15) is 5.75 Å². The van der Waals surface area contributed by atoms with E-state index in [1.807, 2.05) is 12.1 Å². The van der Waals surface area contributed by atoms with Gasteiger partial charge in [0.15, 0.2) is 0 Å². The van der Waals surface area contributed by atoms with E-state index in [9.17, 15) is 0 Å². The van der Waals surface area contributed by atoms with Gasteiger partial charge in [0.25, 0.3) is 0 Å². The number of phenols is 1. The summed E-state index contributed by atoms with van der Waals surface area (Å²) in [6.07, 6.45) is 6.61. The first-order valence-electron chi connectivity index (χ1n) is 5.67. The molecule has 1 aromatic rings. The molecule has 1 nitrogen and oxygen atoms in total. The molecule has 0 aromatic heterocycles. The van der Waals surface area contributed by atoms with Crippen molar-refractivity contribution in [2.24, 2.45) is 0 Å². The third-order valence-electron chi connectivity index (χ3n) is 2.40. The third kappa shape index (κ3) is 4.83. The normalized spacial score (nSPS) is 11.3. The Morgan fingerprint density at radius 3 is 2.31 bits per heavy atom. The van der Waals surface area contributed by atoms with Crippen molar-refractivity contribution in [1.29, 1.82) is 0 Å². The molecule has 1 aromatic carbocycles. The van der Waals surface area contributed by atoms with Crippen LogP contribution in [0.4, 0.5) is 0 Å². The first-order chi connectivity index (χ1) is 7.58. The summed E-state index contributed by atoms with van der Waals surface area (Å²) in [7, 11) is 0. The van der Waals surface area contributed by atoms with E-state index in [0.717, 1.165) is 18.4 Å². The molecule has 0 radical (unpaired) electrons. The van der Waals surface area contributed by atoms with E-state index in [1.54, 1.807) is 12.1 Å². The number of hydrogen-bond acceptors (Lipinski definition) is 1. The lowest BCUT2D eigenvalue weighted by Crippen LogP contribution is -1.78. The second kappa shape index (κ2) is 6.16. The molecule has 0 heterocycles. The van der Waals surface area contributed by atoms with E-state index in [-0.39, 0.29) is 0 Å². The van der Waals surface area contributed by atoms with Crippen LogP contribution >= 0.6 is 0 Å². The number of rotatable bonds is 4. The fourth-order valence-corrected chi connectivity index (χ4v) is 1.52. The van der Waals surface area contributed by atoms with Crippen LogP contribution in [0.3, 0.4) is 0 Å². The van der Waals surface area contributed by atoms with E-state index in [1.165, 1.54) is 11.1 Å². The minimum atomic E-state index is 0.319. The zero-order valence-electron chi connectivity index (χ0n) is 10.3. The fourth-order valence-electron chi connectivity index (χ4n) is 1.52. The van der Waals surface area contributed by atoms with Crippen LogP contribution in [0, 0.1) is 0 Å². The molecule has 0 unspecified atom stereocenters. The van der Waals surface area contributed by atoms with E-state index in [0.29, 0.717) is 5.75 Å². The van der Waals surface area contributed by atoms with Crippen molar-refractivity contribution in [3.8, 4) is 5.75 Å². The standard InChI is InChI=1S/C15H20O/c1-12(2)5-4-6-13(3)11-14-7-9-15(16)10-8-14/h5,7-11,16H,4,6H2,1-3H3/b13-11-. The van der Waals surface area contributed by atoms with Gasteiger partial charge < -0.3 is 5.11 Å². The van der Waals surface area contributed by atoms with Gasteiger partial charge in [0, 0.05) is 0 Å². The van der Waals surface area contributed by atoms with Gasteiger partial charge in [-0.2, -0.15) is 0 Å². The van der Waals surface area contributed by atoms with Crippen LogP contribution in [-0.2, 0) is 0 Å². The van der Waals surface area contributed by atoms with Crippen molar-refractivity contribution in [3.63, 3.8) is 0 Å². The molecule has 0 atom stereocenters. The Hall–Kier alpha value is -1.50. The summed E-state index contributed by atoms with van der Waals surface area (Å²) in [5, 5.41) is 9.16. The molecular formula is C15H20O. The molecule has 0 saturated heterocycles. The van der Waals surface area contributed by atoms with E-state index >= 15 is 0 Å². The first-order valence-corrected chi connectivity index (χ1v) is 5.67. The Morgan fingerprint density at radius 2 is 1.75 bits per heavy atom. The molecule has 0 aliphatic heterocycles. The highest BCUT2D eigenvalue weighted by molar-refractivity contribution is 5.53. The minimum absolute atomic E-state index is 0.319. The monoisotopic (exact) mass is 216 g/mol. The molecule has 0 saturated carbocycles. The lowest BCUT2D eigenvalue weighted by Gasteiger charge is -2.00. The van der Waals surface area contributed by atoms with Gasteiger partial charge in [-0.3, -0.25) is 0 Å². The molecule has 16 heavy (non-hydrogen) atoms. The summed E-state index contributed by atoms with van der Waals surface area (Å²) in [4.78, 5) is 0. The van der Waals surface area contributed by atoms with E-state index < -0.39 is 0 Å². The quantitative estimate of drug-likeness (QED) is 0.732. The summed E-state index contributed by atoms with van der Waals surface area (Å²) in [5.41, 5.74) is 3.88. The van der Waals surface area contributed by atoms with Crippen LogP contribution in [0.1, 0.15) is 39.2 Å². The van der Waals surface area contributed by atoms with Gasteiger partial charge >= 0.3 is 0 Å². The Kier molecular flexibility index (Phi) is 4.84. The molecule has 0 bridgehead atoms. The lowest BCUT2D eigenvalue weighted by molar-refractivity contribution is 0.475. The van der Waals surface area contributed by atoms with Crippen molar-refractivity contribution in [1.82, 2.24) is 0 Å². The maximum atomic E-state index is 9.16. The minimum Gasteiger partial charge on any atom is -0.508 e. The maximum absolute atomic E-state index is 9.16. The van der Waals surface area contributed by atoms with Crippen LogP contribution in [0.5, 0.6) is 5.75 Å². The van der Waals surface area contributed by atoms with Crippen molar-refractivity contribution in [3.05, 3.63) is 47.1 Å². The maximum Gasteiger partial charge on any atom is 0.115 e. The van der Waals surface area contributed by atoms with Gasteiger partial charge in [0.05, 0.1) is 0 Å². The first kappa shape index (κ1) is 12.6. The lowest BCUT2D eigenvalue weighted by atomic mass is 10.1. The second-order valence-electron chi connectivity index (χ2n) is 4.40. The summed E-state index contributed by atoms with van der Waals surface area (Å²) in [6, 6.07) is 7.30. The largest absolute Gasteiger partial charge is 0.508 e. The SMILES string of the molecule is CC(C)=CCC/C(C)=C\c1ccc(O)cc1. The van der Waals surface area contributed by atoms with Gasteiger partial charge in [-0.15, -0.1) is 0 Å². The number of phenolic OH excluding ortho intramolecular Hbond substituents is 1. The second-order valence-corrected chi connectivity index (χ2v) is 4.40. The van der Waals surface area contributed by atoms with E-state index in [2.05, 4.69) is 32.9 Å². The van der Waals surface area contributed by atoms with Crippen LogP contribution in [0.25, 0.3) is 6.08 Å². The predicted molar refractivity (Wildman–Crippen MR) is 70.4 cm³/mol. The molecule has 1 heteroatoms. The topological polar surface area (TPSA) is 20.2 Å². The van der Waals surface area contributed by atoms with E-state index in [4.69, 9.17) is 5.11 Å². The van der Waals surface area contributed by atoms with Gasteiger partial charge in [0.2, 0.25) is 0 Å². The Balaban J connectivity index is 2.56. The Morgan fingerprint density at radius 1 is 1.12 bits per heavy atom. The molecule has 0 fully saturated rings. The van der Waals surface area contributed by atoms with Crippen LogP contribution < -0.4 is 0 Å². The zero-order chi connectivity index (χ0) is 12.0. The fraction of sp³-hybridized carbons (Fsp3) is 0.333. The van der Waals surface area contributed by atoms with Gasteiger partial charge in [-0.1, -0.05) is 35.4 Å². The third-order valence-corrected chi connectivity index (χ3v) is 2.40. The van der Waals surface area contributed by atoms with Gasteiger partial charge in [-0.05, 0) is 51.3 Å². The summed E-state index contributed by atoms with van der Waals surface area (Å²) >= 11 is 0. The van der Waals surface area contributed by atoms with Crippen LogP contribution in [0.15, 0.2) is 41.5 Å². The average molecular weight is 216 g/mol. The molecular weight excluding hydrogens is 196 g/mol. The summed E-state index contributed by atoms with van der Waals surface area (Å²) < 4.78 is 0. The number of aromatic hydroxyl groups is 1. The molecule has 0 aliphatic carbocycles. The van der Waals surface area contributed by atoms with Crippen LogP contribution in [-0.4, -0.2) is 5.11 Å². The molecule has 0 amide bonds. The smallest absolute Gasteiger partial charge is 0.115 e. The molecule has 1 N–H and O–H groups in total. The molecule has 0 aliphatic rings. The Labute approximate surface area is 98.1 Å². The molecule has 0 spiro atoms. The van der Waals surface area contributed by atoms with Crippen molar-refractivity contribution >= 4 is 6.08 Å². The zero-order valence-corrected chi connectivity index (χ0v) is 10.3.